The summed E-state index contributed by atoms with van der Waals surface area (Å²) in [6.45, 7) is -2.37. The summed E-state index contributed by atoms with van der Waals surface area (Å²) in [6, 6.07) is 5.44. The Morgan fingerprint density at radius 3 is 2.62 bits per heavy atom. The molecule has 0 aromatic heterocycles. The molecule has 5 nitrogen and oxygen atoms in total. The molecule has 1 aliphatic heterocycles. The summed E-state index contributed by atoms with van der Waals surface area (Å²) in [5, 5.41) is 9.14. The number of hydrogen-bond donors (Lipinski definition) is 1. The fourth-order valence-corrected chi connectivity index (χ4v) is 2.22. The van der Waals surface area contributed by atoms with Crippen molar-refractivity contribution in [1.82, 2.24) is 0 Å². The van der Waals surface area contributed by atoms with Crippen molar-refractivity contribution in [3.63, 3.8) is 0 Å². The summed E-state index contributed by atoms with van der Waals surface area (Å²) in [5.74, 6) is -2.02. The molecule has 0 radical (unpaired) electrons. The molecule has 1 aromatic rings. The fourth-order valence-electron chi connectivity index (χ4n) is 2.22. The summed E-state index contributed by atoms with van der Waals surface area (Å²) in [4.78, 5) is 24.2. The predicted octanol–water partition coefficient (Wildman–Crippen LogP) is 1.61. The molecular formula is C13H12F3NO4. The Morgan fingerprint density at radius 1 is 1.33 bits per heavy atom. The van der Waals surface area contributed by atoms with Crippen LogP contribution in [0.3, 0.4) is 0 Å². The molecule has 0 spiro atoms. The van der Waals surface area contributed by atoms with Gasteiger partial charge in [0.2, 0.25) is 0 Å². The first-order valence-corrected chi connectivity index (χ1v) is 6.07. The Hall–Kier alpha value is -2.09. The van der Waals surface area contributed by atoms with Crippen LogP contribution in [0.1, 0.15) is 5.56 Å². The van der Waals surface area contributed by atoms with Crippen LogP contribution in [-0.4, -0.2) is 42.4 Å². The van der Waals surface area contributed by atoms with Gasteiger partial charge in [0.25, 0.3) is 5.91 Å². The Bertz CT molecular complexity index is 559. The van der Waals surface area contributed by atoms with Gasteiger partial charge in [-0.05, 0) is 11.6 Å². The minimum absolute atomic E-state index is 0.122. The van der Waals surface area contributed by atoms with Crippen molar-refractivity contribution < 1.29 is 32.6 Å². The van der Waals surface area contributed by atoms with Crippen LogP contribution >= 0.6 is 0 Å². The van der Waals surface area contributed by atoms with Crippen molar-refractivity contribution >= 4 is 17.6 Å². The average molecular weight is 303 g/mol. The maximum atomic E-state index is 12.0. The Labute approximate surface area is 117 Å². The van der Waals surface area contributed by atoms with E-state index >= 15 is 0 Å². The zero-order valence-electron chi connectivity index (χ0n) is 10.8. The molecule has 0 fully saturated rings. The molecule has 0 saturated carbocycles. The highest BCUT2D eigenvalue weighted by Crippen LogP contribution is 2.32. The van der Waals surface area contributed by atoms with Gasteiger partial charge in [0.15, 0.2) is 0 Å². The largest absolute Gasteiger partial charge is 0.480 e. The average Bonchev–Trinajstić information content (AvgIpc) is 2.76. The first kappa shape index (κ1) is 15.3. The molecule has 21 heavy (non-hydrogen) atoms. The van der Waals surface area contributed by atoms with E-state index in [9.17, 15) is 22.8 Å². The number of fused-ring (bicyclic) bond motifs is 1. The van der Waals surface area contributed by atoms with Crippen LogP contribution in [0, 0.1) is 0 Å². The number of halogens is 3. The van der Waals surface area contributed by atoms with E-state index in [0.29, 0.717) is 11.3 Å². The van der Waals surface area contributed by atoms with Gasteiger partial charge in [-0.1, -0.05) is 18.2 Å². The van der Waals surface area contributed by atoms with Crippen molar-refractivity contribution in [2.45, 2.75) is 18.6 Å². The lowest BCUT2D eigenvalue weighted by atomic mass is 10.1. The number of ether oxygens (including phenoxy) is 1. The number of hydrogen-bond acceptors (Lipinski definition) is 3. The first-order chi connectivity index (χ1) is 9.79. The van der Waals surface area contributed by atoms with Crippen LogP contribution in [0.15, 0.2) is 24.3 Å². The van der Waals surface area contributed by atoms with E-state index in [1.807, 2.05) is 0 Å². The Morgan fingerprint density at radius 2 is 2.00 bits per heavy atom. The van der Waals surface area contributed by atoms with Gasteiger partial charge >= 0.3 is 12.1 Å². The van der Waals surface area contributed by atoms with Crippen LogP contribution in [-0.2, 0) is 20.7 Å². The van der Waals surface area contributed by atoms with Gasteiger partial charge in [0.05, 0.1) is 0 Å². The van der Waals surface area contributed by atoms with E-state index < -0.39 is 37.3 Å². The molecule has 1 unspecified atom stereocenters. The van der Waals surface area contributed by atoms with E-state index in [0.717, 1.165) is 4.90 Å². The van der Waals surface area contributed by atoms with Crippen LogP contribution in [0.4, 0.5) is 18.9 Å². The third-order valence-corrected chi connectivity index (χ3v) is 3.02. The lowest BCUT2D eigenvalue weighted by Gasteiger charge is -2.22. The normalized spacial score (nSPS) is 17.7. The molecule has 1 aromatic carbocycles. The van der Waals surface area contributed by atoms with E-state index in [1.165, 1.54) is 0 Å². The molecule has 0 saturated heterocycles. The molecule has 114 valence electrons. The van der Waals surface area contributed by atoms with Gasteiger partial charge in [0.1, 0.15) is 19.3 Å². The van der Waals surface area contributed by atoms with Gasteiger partial charge in [-0.25, -0.2) is 4.79 Å². The zero-order valence-corrected chi connectivity index (χ0v) is 10.8. The number of para-hydroxylation sites is 1. The van der Waals surface area contributed by atoms with Gasteiger partial charge in [-0.2, -0.15) is 13.2 Å². The number of benzene rings is 1. The minimum atomic E-state index is -4.53. The number of aliphatic carboxylic acids is 1. The summed E-state index contributed by atoms with van der Waals surface area (Å²) in [5.41, 5.74) is 1.06. The summed E-state index contributed by atoms with van der Waals surface area (Å²) in [6.07, 6.45) is -4.41. The molecule has 1 N–H and O–H groups in total. The smallest absolute Gasteiger partial charge is 0.411 e. The molecule has 0 bridgehead atoms. The van der Waals surface area contributed by atoms with Crippen molar-refractivity contribution in [3.05, 3.63) is 29.8 Å². The van der Waals surface area contributed by atoms with E-state index in [-0.39, 0.29) is 6.42 Å². The lowest BCUT2D eigenvalue weighted by Crippen LogP contribution is -2.44. The lowest BCUT2D eigenvalue weighted by molar-refractivity contribution is -0.175. The van der Waals surface area contributed by atoms with E-state index in [1.54, 1.807) is 24.3 Å². The number of rotatable bonds is 4. The molecule has 1 aliphatic rings. The van der Waals surface area contributed by atoms with Crippen molar-refractivity contribution in [2.75, 3.05) is 18.1 Å². The van der Waals surface area contributed by atoms with Gasteiger partial charge in [0, 0.05) is 12.1 Å². The number of nitrogens with zero attached hydrogens (tertiary/aromatic N) is 1. The molecule has 1 heterocycles. The third-order valence-electron chi connectivity index (χ3n) is 3.02. The number of carboxylic acid groups (broad SMARTS) is 1. The van der Waals surface area contributed by atoms with Crippen LogP contribution < -0.4 is 4.90 Å². The standard InChI is InChI=1S/C13H12F3NO4/c14-13(15,16)7-21-6-11(18)17-9-4-2-1-3-8(9)5-10(17)12(19)20/h1-4,10H,5-7H2,(H,19,20). The summed E-state index contributed by atoms with van der Waals surface area (Å²) >= 11 is 0. The number of amides is 1. The Balaban J connectivity index is 2.11. The topological polar surface area (TPSA) is 66.8 Å². The molecular weight excluding hydrogens is 291 g/mol. The number of alkyl halides is 3. The highest BCUT2D eigenvalue weighted by Gasteiger charge is 2.38. The highest BCUT2D eigenvalue weighted by molar-refractivity contribution is 6.02. The van der Waals surface area contributed by atoms with Crippen LogP contribution in [0.2, 0.25) is 0 Å². The van der Waals surface area contributed by atoms with E-state index in [2.05, 4.69) is 4.74 Å². The second-order valence-electron chi connectivity index (χ2n) is 4.56. The number of carbonyl (C=O) groups excluding carboxylic acids is 1. The SMILES string of the molecule is O=C(O)C1Cc2ccccc2N1C(=O)COCC(F)(F)F. The minimum Gasteiger partial charge on any atom is -0.480 e. The Kier molecular flexibility index (Phi) is 4.17. The summed E-state index contributed by atoms with van der Waals surface area (Å²) in [7, 11) is 0. The number of carboxylic acids is 1. The van der Waals surface area contributed by atoms with Crippen LogP contribution in [0.5, 0.6) is 0 Å². The van der Waals surface area contributed by atoms with Crippen molar-refractivity contribution in [2.24, 2.45) is 0 Å². The maximum absolute atomic E-state index is 12.0. The highest BCUT2D eigenvalue weighted by atomic mass is 19.4. The first-order valence-electron chi connectivity index (χ1n) is 6.07. The number of carbonyl (C=O) groups is 2. The number of anilines is 1. The zero-order chi connectivity index (χ0) is 15.6. The maximum Gasteiger partial charge on any atom is 0.411 e. The van der Waals surface area contributed by atoms with Gasteiger partial charge in [-0.15, -0.1) is 0 Å². The van der Waals surface area contributed by atoms with Crippen LogP contribution in [0.25, 0.3) is 0 Å². The van der Waals surface area contributed by atoms with E-state index in [4.69, 9.17) is 5.11 Å². The molecule has 1 atom stereocenters. The predicted molar refractivity (Wildman–Crippen MR) is 65.9 cm³/mol. The third kappa shape index (κ3) is 3.52. The molecule has 8 heteroatoms. The summed E-state index contributed by atoms with van der Waals surface area (Å²) < 4.78 is 40.3. The molecule has 2 rings (SSSR count). The van der Waals surface area contributed by atoms with Crippen molar-refractivity contribution in [3.8, 4) is 0 Å². The van der Waals surface area contributed by atoms with Gasteiger partial charge in [-0.3, -0.25) is 9.69 Å². The second kappa shape index (κ2) is 5.72. The molecule has 1 amide bonds. The fraction of sp³-hybridized carbons (Fsp3) is 0.385. The second-order valence-corrected chi connectivity index (χ2v) is 4.56. The molecule has 0 aliphatic carbocycles. The monoisotopic (exact) mass is 303 g/mol. The quantitative estimate of drug-likeness (QED) is 0.917. The van der Waals surface area contributed by atoms with Gasteiger partial charge < -0.3 is 9.84 Å². The van der Waals surface area contributed by atoms with Crippen molar-refractivity contribution in [1.29, 1.82) is 0 Å².